The number of nitrogens with zero attached hydrogens (tertiary/aromatic N) is 1. The van der Waals surface area contributed by atoms with Crippen molar-refractivity contribution in [1.82, 2.24) is 0 Å². The van der Waals surface area contributed by atoms with E-state index in [0.29, 0.717) is 40.7 Å². The van der Waals surface area contributed by atoms with Gasteiger partial charge in [-0.05, 0) is 60.4 Å². The zero-order valence-electron chi connectivity index (χ0n) is 22.1. The maximum atomic E-state index is 13.4. The largest absolute Gasteiger partial charge is 0.508 e. The maximum absolute atomic E-state index is 13.4. The predicted octanol–water partition coefficient (Wildman–Crippen LogP) is 5.16. The lowest BCUT2D eigenvalue weighted by atomic mass is 9.95. The van der Waals surface area contributed by atoms with Crippen LogP contribution in [0.15, 0.2) is 78.4 Å². The van der Waals surface area contributed by atoms with E-state index in [0.717, 1.165) is 0 Å². The number of phenols is 1. The van der Waals surface area contributed by atoms with E-state index in [-0.39, 0.29) is 36.1 Å². The standard InChI is InChI=1S/C31H31NO7/c1-4-38-26(34)16-20-8-12-23(13-9-20)32-28(21-10-14-24(33)15-11-21)27(30(36)31(32)37)29(35)22-6-5-7-25(17-22)39-18-19(2)3/h5-15,17,19,28,33,35H,4,16,18H2,1-3H3/b29-27-. The number of hydrogen-bond donors (Lipinski definition) is 2. The average Bonchev–Trinajstić information content (AvgIpc) is 3.18. The minimum absolute atomic E-state index is 0.0222. The van der Waals surface area contributed by atoms with Crippen LogP contribution in [0.25, 0.3) is 5.76 Å². The fourth-order valence-corrected chi connectivity index (χ4v) is 4.38. The van der Waals surface area contributed by atoms with Gasteiger partial charge in [-0.3, -0.25) is 19.3 Å². The van der Waals surface area contributed by atoms with Crippen LogP contribution < -0.4 is 9.64 Å². The van der Waals surface area contributed by atoms with Gasteiger partial charge in [0.2, 0.25) is 0 Å². The van der Waals surface area contributed by atoms with Gasteiger partial charge in [0.15, 0.2) is 0 Å². The highest BCUT2D eigenvalue weighted by molar-refractivity contribution is 6.51. The lowest BCUT2D eigenvalue weighted by Crippen LogP contribution is -2.29. The number of aliphatic hydroxyl groups excluding tert-OH is 1. The van der Waals surface area contributed by atoms with Crippen molar-refractivity contribution in [3.8, 4) is 11.5 Å². The van der Waals surface area contributed by atoms with Gasteiger partial charge in [-0.1, -0.05) is 50.2 Å². The van der Waals surface area contributed by atoms with Crippen LogP contribution in [0.1, 0.15) is 43.5 Å². The van der Waals surface area contributed by atoms with Gasteiger partial charge in [0.25, 0.3) is 11.7 Å². The number of phenolic OH excluding ortho intramolecular Hbond substituents is 1. The summed E-state index contributed by atoms with van der Waals surface area (Å²) < 4.78 is 10.8. The molecule has 2 N–H and O–H groups in total. The molecule has 1 saturated heterocycles. The Labute approximate surface area is 227 Å². The molecule has 0 aliphatic carbocycles. The summed E-state index contributed by atoms with van der Waals surface area (Å²) in [4.78, 5) is 39.9. The molecule has 0 spiro atoms. The van der Waals surface area contributed by atoms with E-state index in [9.17, 15) is 24.6 Å². The Kier molecular flexibility index (Phi) is 8.34. The highest BCUT2D eigenvalue weighted by atomic mass is 16.5. The van der Waals surface area contributed by atoms with Gasteiger partial charge in [-0.2, -0.15) is 0 Å². The van der Waals surface area contributed by atoms with E-state index in [1.165, 1.54) is 17.0 Å². The maximum Gasteiger partial charge on any atom is 0.310 e. The molecule has 0 radical (unpaired) electrons. The Morgan fingerprint density at radius 2 is 1.69 bits per heavy atom. The van der Waals surface area contributed by atoms with Crippen molar-refractivity contribution in [1.29, 1.82) is 0 Å². The summed E-state index contributed by atoms with van der Waals surface area (Å²) in [7, 11) is 0. The van der Waals surface area contributed by atoms with Crippen LogP contribution in [-0.4, -0.2) is 41.1 Å². The first-order chi connectivity index (χ1) is 18.7. The first-order valence-corrected chi connectivity index (χ1v) is 12.8. The quantitative estimate of drug-likeness (QED) is 0.170. The number of esters is 1. The average molecular weight is 530 g/mol. The molecule has 1 unspecified atom stereocenters. The zero-order chi connectivity index (χ0) is 28.1. The van der Waals surface area contributed by atoms with Crippen LogP contribution in [0.2, 0.25) is 0 Å². The minimum Gasteiger partial charge on any atom is -0.508 e. The molecule has 1 aliphatic heterocycles. The van der Waals surface area contributed by atoms with E-state index in [2.05, 4.69) is 0 Å². The van der Waals surface area contributed by atoms with Crippen molar-refractivity contribution in [2.75, 3.05) is 18.1 Å². The fraction of sp³-hybridized carbons (Fsp3) is 0.258. The Bertz CT molecular complexity index is 1390. The van der Waals surface area contributed by atoms with E-state index in [4.69, 9.17) is 9.47 Å². The second-order valence-corrected chi connectivity index (χ2v) is 9.64. The number of carbonyl (C=O) groups is 3. The van der Waals surface area contributed by atoms with Crippen molar-refractivity contribution in [3.63, 3.8) is 0 Å². The highest BCUT2D eigenvalue weighted by Crippen LogP contribution is 2.42. The number of anilines is 1. The summed E-state index contributed by atoms with van der Waals surface area (Å²) >= 11 is 0. The van der Waals surface area contributed by atoms with E-state index < -0.39 is 17.7 Å². The Morgan fingerprint density at radius 3 is 2.33 bits per heavy atom. The molecule has 1 amide bonds. The number of hydrogen-bond acceptors (Lipinski definition) is 7. The van der Waals surface area contributed by atoms with Crippen molar-refractivity contribution >= 4 is 29.1 Å². The highest BCUT2D eigenvalue weighted by Gasteiger charge is 2.47. The van der Waals surface area contributed by atoms with Gasteiger partial charge in [0.1, 0.15) is 17.3 Å². The summed E-state index contributed by atoms with van der Waals surface area (Å²) in [5.74, 6) is -1.49. The third kappa shape index (κ3) is 6.12. The Balaban J connectivity index is 1.77. The molecule has 3 aromatic rings. The van der Waals surface area contributed by atoms with Crippen LogP contribution in [0.4, 0.5) is 5.69 Å². The lowest BCUT2D eigenvalue weighted by molar-refractivity contribution is -0.142. The first-order valence-electron chi connectivity index (χ1n) is 12.8. The van der Waals surface area contributed by atoms with E-state index in [1.54, 1.807) is 67.6 Å². The molecular weight excluding hydrogens is 498 g/mol. The molecule has 0 saturated carbocycles. The number of aliphatic hydroxyl groups is 1. The third-order valence-corrected chi connectivity index (χ3v) is 6.21. The molecule has 202 valence electrons. The summed E-state index contributed by atoms with van der Waals surface area (Å²) in [5.41, 5.74) is 1.88. The number of aromatic hydroxyl groups is 1. The second-order valence-electron chi connectivity index (χ2n) is 9.64. The number of amides is 1. The Morgan fingerprint density at radius 1 is 1.00 bits per heavy atom. The monoisotopic (exact) mass is 529 g/mol. The molecular formula is C31H31NO7. The Hall–Kier alpha value is -4.59. The molecule has 1 heterocycles. The smallest absolute Gasteiger partial charge is 0.310 e. The number of ketones is 1. The molecule has 8 nitrogen and oxygen atoms in total. The number of ether oxygens (including phenoxy) is 2. The topological polar surface area (TPSA) is 113 Å². The van der Waals surface area contributed by atoms with Gasteiger partial charge in [0, 0.05) is 11.3 Å². The van der Waals surface area contributed by atoms with Crippen LogP contribution >= 0.6 is 0 Å². The SMILES string of the molecule is CCOC(=O)Cc1ccc(N2C(=O)C(=O)/C(=C(\O)c3cccc(OCC(C)C)c3)C2c2ccc(O)cc2)cc1. The van der Waals surface area contributed by atoms with Crippen LogP contribution in [-0.2, 0) is 25.5 Å². The molecule has 39 heavy (non-hydrogen) atoms. The second kappa shape index (κ2) is 11.9. The fourth-order valence-electron chi connectivity index (χ4n) is 4.38. The molecule has 0 aromatic heterocycles. The minimum atomic E-state index is -0.957. The van der Waals surface area contributed by atoms with Crippen LogP contribution in [0.3, 0.4) is 0 Å². The molecule has 3 aromatic carbocycles. The van der Waals surface area contributed by atoms with Crippen LogP contribution in [0, 0.1) is 5.92 Å². The predicted molar refractivity (Wildman–Crippen MR) is 146 cm³/mol. The molecule has 4 rings (SSSR count). The van der Waals surface area contributed by atoms with Crippen molar-refractivity contribution in [2.45, 2.75) is 33.2 Å². The summed E-state index contributed by atoms with van der Waals surface area (Å²) in [6.45, 7) is 6.53. The van der Waals surface area contributed by atoms with Gasteiger partial charge in [-0.25, -0.2) is 0 Å². The molecule has 1 fully saturated rings. The van der Waals surface area contributed by atoms with E-state index >= 15 is 0 Å². The number of rotatable bonds is 9. The molecule has 8 heteroatoms. The van der Waals surface area contributed by atoms with Gasteiger partial charge >= 0.3 is 5.97 Å². The van der Waals surface area contributed by atoms with Crippen LogP contribution in [0.5, 0.6) is 11.5 Å². The van der Waals surface area contributed by atoms with E-state index in [1.807, 2.05) is 13.8 Å². The lowest BCUT2D eigenvalue weighted by Gasteiger charge is -2.25. The summed E-state index contributed by atoms with van der Waals surface area (Å²) in [5, 5.41) is 21.2. The third-order valence-electron chi connectivity index (χ3n) is 6.21. The van der Waals surface area contributed by atoms with Gasteiger partial charge in [-0.15, -0.1) is 0 Å². The zero-order valence-corrected chi connectivity index (χ0v) is 22.1. The molecule has 0 bridgehead atoms. The molecule has 1 aliphatic rings. The normalized spacial score (nSPS) is 16.5. The number of carbonyl (C=O) groups excluding carboxylic acids is 3. The van der Waals surface area contributed by atoms with Crippen molar-refractivity contribution in [2.24, 2.45) is 5.92 Å². The number of benzene rings is 3. The summed E-state index contributed by atoms with van der Waals surface area (Å²) in [6, 6.07) is 18.6. The molecule has 1 atom stereocenters. The number of Topliss-reactive ketones (excluding diaryl/α,β-unsaturated/α-hetero) is 1. The van der Waals surface area contributed by atoms with Crippen molar-refractivity contribution < 1.29 is 34.1 Å². The van der Waals surface area contributed by atoms with Gasteiger partial charge in [0.05, 0.1) is 31.2 Å². The summed E-state index contributed by atoms with van der Waals surface area (Å²) in [6.07, 6.45) is 0.0730. The first kappa shape index (κ1) is 27.4. The van der Waals surface area contributed by atoms with Gasteiger partial charge < -0.3 is 19.7 Å². The van der Waals surface area contributed by atoms with Crippen molar-refractivity contribution in [3.05, 3.63) is 95.1 Å².